The number of carbonyl (C=O) groups is 3. The van der Waals surface area contributed by atoms with Crippen LogP contribution in [0.4, 0.5) is 21.1 Å². The van der Waals surface area contributed by atoms with Crippen molar-refractivity contribution in [2.45, 2.75) is 52.3 Å². The number of amides is 3. The third-order valence-electron chi connectivity index (χ3n) is 5.45. The SMILES string of the molecule is CC(C)(C)OC(=O)N1Cc2c(Cl)ccc(Nc3ccc4c(n3)CCCN(C(=O)O)C4)c2C1=O. The largest absolute Gasteiger partial charge is 0.465 e. The lowest BCUT2D eigenvalue weighted by Gasteiger charge is -2.23. The molecule has 1 aromatic heterocycles. The highest BCUT2D eigenvalue weighted by Gasteiger charge is 2.38. The molecule has 2 aliphatic heterocycles. The molecule has 0 unspecified atom stereocenters. The lowest BCUT2D eigenvalue weighted by molar-refractivity contribution is 0.0248. The fraction of sp³-hybridized carbons (Fsp3) is 0.391. The number of hydrogen-bond donors (Lipinski definition) is 2. The van der Waals surface area contributed by atoms with Crippen molar-refractivity contribution in [3.63, 3.8) is 0 Å². The van der Waals surface area contributed by atoms with Crippen LogP contribution in [0.3, 0.4) is 0 Å². The maximum atomic E-state index is 13.1. The summed E-state index contributed by atoms with van der Waals surface area (Å²) in [5.74, 6) is 0.0293. The molecule has 2 N–H and O–H groups in total. The van der Waals surface area contributed by atoms with Gasteiger partial charge in [-0.25, -0.2) is 19.5 Å². The van der Waals surface area contributed by atoms with Gasteiger partial charge in [0.25, 0.3) is 5.91 Å². The molecule has 0 fully saturated rings. The molecule has 0 saturated heterocycles. The van der Waals surface area contributed by atoms with Crippen LogP contribution in [0, 0.1) is 0 Å². The fourth-order valence-corrected chi connectivity index (χ4v) is 4.16. The summed E-state index contributed by atoms with van der Waals surface area (Å²) in [6, 6.07) is 6.94. The average Bonchev–Trinajstić information content (AvgIpc) is 2.94. The summed E-state index contributed by atoms with van der Waals surface area (Å²) in [5, 5.41) is 12.9. The Kier molecular flexibility index (Phi) is 5.92. The highest BCUT2D eigenvalue weighted by molar-refractivity contribution is 6.32. The number of aromatic nitrogens is 1. The maximum Gasteiger partial charge on any atom is 0.417 e. The first-order valence-corrected chi connectivity index (χ1v) is 11.0. The van der Waals surface area contributed by atoms with Crippen LogP contribution in [0.5, 0.6) is 0 Å². The van der Waals surface area contributed by atoms with E-state index < -0.39 is 23.7 Å². The number of anilines is 2. The molecule has 0 radical (unpaired) electrons. The molecule has 0 atom stereocenters. The first-order valence-electron chi connectivity index (χ1n) is 10.6. The van der Waals surface area contributed by atoms with Gasteiger partial charge in [0.2, 0.25) is 0 Å². The van der Waals surface area contributed by atoms with Crippen molar-refractivity contribution < 1.29 is 24.2 Å². The van der Waals surface area contributed by atoms with E-state index in [-0.39, 0.29) is 13.1 Å². The Morgan fingerprint density at radius 1 is 1.18 bits per heavy atom. The van der Waals surface area contributed by atoms with Gasteiger partial charge in [-0.05, 0) is 57.4 Å². The summed E-state index contributed by atoms with van der Waals surface area (Å²) in [4.78, 5) is 44.1. The quantitative estimate of drug-likeness (QED) is 0.645. The summed E-state index contributed by atoms with van der Waals surface area (Å²) in [7, 11) is 0. The Morgan fingerprint density at radius 2 is 1.94 bits per heavy atom. The summed E-state index contributed by atoms with van der Waals surface area (Å²) < 4.78 is 5.37. The molecule has 3 heterocycles. The Bertz CT molecular complexity index is 1140. The predicted octanol–water partition coefficient (Wildman–Crippen LogP) is 4.80. The van der Waals surface area contributed by atoms with Crippen LogP contribution in [-0.4, -0.2) is 50.1 Å². The predicted molar refractivity (Wildman–Crippen MR) is 122 cm³/mol. The number of carbonyl (C=O) groups excluding carboxylic acids is 2. The summed E-state index contributed by atoms with van der Waals surface area (Å²) in [6.45, 7) is 5.97. The van der Waals surface area contributed by atoms with Gasteiger partial charge < -0.3 is 20.1 Å². The van der Waals surface area contributed by atoms with E-state index in [1.165, 1.54) is 4.90 Å². The van der Waals surface area contributed by atoms with Crippen LogP contribution < -0.4 is 5.32 Å². The van der Waals surface area contributed by atoms with E-state index in [4.69, 9.17) is 16.3 Å². The molecule has 2 aromatic rings. The lowest BCUT2D eigenvalue weighted by atomic mass is 10.1. The normalized spacial score (nSPS) is 15.6. The van der Waals surface area contributed by atoms with Gasteiger partial charge in [0.05, 0.1) is 24.3 Å². The van der Waals surface area contributed by atoms with Crippen LogP contribution in [0.15, 0.2) is 24.3 Å². The Labute approximate surface area is 196 Å². The van der Waals surface area contributed by atoms with Crippen LogP contribution in [0.2, 0.25) is 5.02 Å². The summed E-state index contributed by atoms with van der Waals surface area (Å²) >= 11 is 6.34. The smallest absolute Gasteiger partial charge is 0.417 e. The summed E-state index contributed by atoms with van der Waals surface area (Å²) in [5.41, 5.74) is 2.27. The van der Waals surface area contributed by atoms with Crippen LogP contribution in [-0.2, 0) is 24.2 Å². The zero-order chi connectivity index (χ0) is 23.9. The number of ether oxygens (including phenoxy) is 1. The number of carboxylic acid groups (broad SMARTS) is 1. The molecule has 2 aliphatic rings. The van der Waals surface area contributed by atoms with Gasteiger partial charge in [-0.15, -0.1) is 0 Å². The zero-order valence-electron chi connectivity index (χ0n) is 18.6. The van der Waals surface area contributed by atoms with Crippen molar-refractivity contribution in [1.82, 2.24) is 14.8 Å². The number of pyridine rings is 1. The fourth-order valence-electron chi connectivity index (χ4n) is 3.94. The highest BCUT2D eigenvalue weighted by atomic mass is 35.5. The van der Waals surface area contributed by atoms with E-state index in [0.717, 1.165) is 16.2 Å². The third kappa shape index (κ3) is 4.73. The van der Waals surface area contributed by atoms with Gasteiger partial charge in [-0.1, -0.05) is 17.7 Å². The Hall–Kier alpha value is -3.33. The number of aryl methyl sites for hydroxylation is 1. The van der Waals surface area contributed by atoms with Gasteiger partial charge in [0.15, 0.2) is 0 Å². The van der Waals surface area contributed by atoms with Crippen molar-refractivity contribution in [2.24, 2.45) is 0 Å². The molecule has 0 spiro atoms. The Morgan fingerprint density at radius 3 is 2.64 bits per heavy atom. The molecule has 174 valence electrons. The topological polar surface area (TPSA) is 112 Å². The second-order valence-electron chi connectivity index (χ2n) is 9.06. The minimum atomic E-state index is -0.949. The number of rotatable bonds is 2. The first-order chi connectivity index (χ1) is 15.5. The second-order valence-corrected chi connectivity index (χ2v) is 9.46. The average molecular weight is 473 g/mol. The van der Waals surface area contributed by atoms with E-state index in [9.17, 15) is 19.5 Å². The molecule has 0 bridgehead atoms. The molecule has 3 amide bonds. The van der Waals surface area contributed by atoms with E-state index in [1.807, 2.05) is 6.07 Å². The molecule has 4 rings (SSSR count). The van der Waals surface area contributed by atoms with Gasteiger partial charge in [0, 0.05) is 22.8 Å². The van der Waals surface area contributed by atoms with Gasteiger partial charge in [-0.2, -0.15) is 0 Å². The number of hydrogen-bond acceptors (Lipinski definition) is 6. The van der Waals surface area contributed by atoms with Crippen molar-refractivity contribution in [3.8, 4) is 0 Å². The van der Waals surface area contributed by atoms with E-state index in [2.05, 4.69) is 10.3 Å². The number of fused-ring (bicyclic) bond motifs is 2. The van der Waals surface area contributed by atoms with Crippen LogP contribution in [0.25, 0.3) is 0 Å². The van der Waals surface area contributed by atoms with Gasteiger partial charge in [-0.3, -0.25) is 4.79 Å². The van der Waals surface area contributed by atoms with E-state index >= 15 is 0 Å². The standard InChI is InChI=1S/C23H25ClN4O5/c1-23(2,3)33-22(32)28-12-14-15(24)7-8-17(19(14)20(28)29)26-18-9-6-13-11-27(21(30)31)10-4-5-16(13)25-18/h6-9H,4-5,10-12H2,1-3H3,(H,25,26)(H,30,31). The number of halogens is 1. The lowest BCUT2D eigenvalue weighted by Crippen LogP contribution is -2.37. The van der Waals surface area contributed by atoms with Crippen molar-refractivity contribution in [1.29, 1.82) is 0 Å². The highest BCUT2D eigenvalue weighted by Crippen LogP contribution is 2.36. The van der Waals surface area contributed by atoms with Gasteiger partial charge in [0.1, 0.15) is 11.4 Å². The Balaban J connectivity index is 1.60. The molecule has 10 heteroatoms. The molecular weight excluding hydrogens is 448 g/mol. The second kappa shape index (κ2) is 8.55. The minimum Gasteiger partial charge on any atom is -0.465 e. The molecule has 0 aliphatic carbocycles. The number of nitrogens with one attached hydrogen (secondary N) is 1. The number of imide groups is 1. The molecular formula is C23H25ClN4O5. The molecule has 9 nitrogen and oxygen atoms in total. The van der Waals surface area contributed by atoms with Crippen molar-refractivity contribution in [2.75, 3.05) is 11.9 Å². The van der Waals surface area contributed by atoms with Crippen LogP contribution >= 0.6 is 11.6 Å². The molecule has 1 aromatic carbocycles. The van der Waals surface area contributed by atoms with Gasteiger partial charge >= 0.3 is 12.2 Å². The first kappa shape index (κ1) is 22.8. The molecule has 33 heavy (non-hydrogen) atoms. The number of nitrogens with zero attached hydrogens (tertiary/aromatic N) is 3. The number of benzene rings is 1. The third-order valence-corrected chi connectivity index (χ3v) is 5.80. The monoisotopic (exact) mass is 472 g/mol. The zero-order valence-corrected chi connectivity index (χ0v) is 19.4. The van der Waals surface area contributed by atoms with E-state index in [1.54, 1.807) is 39.0 Å². The summed E-state index contributed by atoms with van der Waals surface area (Å²) in [6.07, 6.45) is -0.347. The molecule has 0 saturated carbocycles. The van der Waals surface area contributed by atoms with Crippen molar-refractivity contribution >= 4 is 41.2 Å². The minimum absolute atomic E-state index is 0.0279. The van der Waals surface area contributed by atoms with Crippen molar-refractivity contribution in [3.05, 3.63) is 51.7 Å². The van der Waals surface area contributed by atoms with Crippen LogP contribution in [0.1, 0.15) is 54.4 Å². The van der Waals surface area contributed by atoms with E-state index in [0.29, 0.717) is 47.0 Å². The maximum absolute atomic E-state index is 13.1.